The van der Waals surface area contributed by atoms with Crippen LogP contribution >= 0.6 is 0 Å². The fourth-order valence-electron chi connectivity index (χ4n) is 6.13. The Morgan fingerprint density at radius 2 is 1.67 bits per heavy atom. The summed E-state index contributed by atoms with van der Waals surface area (Å²) >= 11 is 0. The molecule has 2 aliphatic rings. The van der Waals surface area contributed by atoms with Crippen molar-refractivity contribution in [1.29, 1.82) is 0 Å². The van der Waals surface area contributed by atoms with Crippen LogP contribution in [0.25, 0.3) is 0 Å². The first-order valence-corrected chi connectivity index (χ1v) is 13.1. The van der Waals surface area contributed by atoms with Gasteiger partial charge < -0.3 is 4.74 Å². The molecule has 2 nitrogen and oxygen atoms in total. The molecular formula is C31H35F3O2. The maximum absolute atomic E-state index is 15.1. The molecule has 5 heteroatoms. The molecule has 4 unspecified atom stereocenters. The Morgan fingerprint density at radius 3 is 2.42 bits per heavy atom. The molecule has 0 spiro atoms. The molecule has 4 atom stereocenters. The van der Waals surface area contributed by atoms with Gasteiger partial charge in [-0.25, -0.2) is 13.6 Å². The minimum atomic E-state index is -1.22. The van der Waals surface area contributed by atoms with Gasteiger partial charge in [-0.1, -0.05) is 30.7 Å². The molecule has 0 N–H and O–H groups in total. The number of aryl methyl sites for hydroxylation is 1. The zero-order chi connectivity index (χ0) is 25.7. The monoisotopic (exact) mass is 496 g/mol. The lowest BCUT2D eigenvalue weighted by Crippen LogP contribution is -2.30. The van der Waals surface area contributed by atoms with Crippen molar-refractivity contribution in [3.8, 4) is 5.75 Å². The zero-order valence-corrected chi connectivity index (χ0v) is 20.8. The van der Waals surface area contributed by atoms with E-state index in [9.17, 15) is 13.6 Å². The molecule has 0 saturated heterocycles. The van der Waals surface area contributed by atoms with Crippen molar-refractivity contribution in [1.82, 2.24) is 0 Å². The first kappa shape index (κ1) is 26.2. The summed E-state index contributed by atoms with van der Waals surface area (Å²) in [4.78, 5) is 12.6. The van der Waals surface area contributed by atoms with Crippen LogP contribution in [0.2, 0.25) is 0 Å². The lowest BCUT2D eigenvalue weighted by atomic mass is 9.63. The number of hydrogen-bond acceptors (Lipinski definition) is 2. The molecule has 36 heavy (non-hydrogen) atoms. The SMILES string of the molecule is C=CCCc1ccc(OC(=O)c2ccc(C3CCC4CC(CCC=C)CCC4C3)c(F)c2)c(F)c1F. The summed E-state index contributed by atoms with van der Waals surface area (Å²) in [6, 6.07) is 6.94. The second kappa shape index (κ2) is 11.9. The third-order valence-electron chi connectivity index (χ3n) is 8.12. The van der Waals surface area contributed by atoms with Crippen molar-refractivity contribution in [3.05, 3.63) is 89.8 Å². The normalized spacial score (nSPS) is 23.5. The molecule has 192 valence electrons. The van der Waals surface area contributed by atoms with E-state index in [0.29, 0.717) is 24.3 Å². The fraction of sp³-hybridized carbons (Fsp3) is 0.452. The molecular weight excluding hydrogens is 461 g/mol. The largest absolute Gasteiger partial charge is 0.420 e. The van der Waals surface area contributed by atoms with E-state index in [0.717, 1.165) is 43.6 Å². The standard InChI is InChI=1S/C31H35F3O2/c1-3-5-7-20-9-10-23-18-24(12-11-22(23)17-20)26-15-13-25(19-27(26)32)31(35)36-28-16-14-21(8-6-4-2)29(33)30(28)34/h3-4,13-16,19-20,22-24H,1-2,5-12,17-18H2. The number of esters is 1. The van der Waals surface area contributed by atoms with Crippen LogP contribution in [-0.2, 0) is 6.42 Å². The number of rotatable bonds is 9. The van der Waals surface area contributed by atoms with Gasteiger partial charge in [0.25, 0.3) is 0 Å². The van der Waals surface area contributed by atoms with E-state index >= 15 is 4.39 Å². The molecule has 0 aromatic heterocycles. The summed E-state index contributed by atoms with van der Waals surface area (Å²) in [5.74, 6) is -1.88. The van der Waals surface area contributed by atoms with Gasteiger partial charge in [0.1, 0.15) is 5.82 Å². The predicted octanol–water partition coefficient (Wildman–Crippen LogP) is 8.71. The Labute approximate surface area is 212 Å². The van der Waals surface area contributed by atoms with Crippen molar-refractivity contribution in [2.24, 2.45) is 17.8 Å². The molecule has 0 aliphatic heterocycles. The van der Waals surface area contributed by atoms with Crippen molar-refractivity contribution in [3.63, 3.8) is 0 Å². The van der Waals surface area contributed by atoms with Crippen LogP contribution in [0.15, 0.2) is 55.6 Å². The first-order chi connectivity index (χ1) is 17.4. The number of ether oxygens (including phenoxy) is 1. The topological polar surface area (TPSA) is 26.3 Å². The van der Waals surface area contributed by atoms with Crippen LogP contribution in [0.1, 0.15) is 85.2 Å². The number of fused-ring (bicyclic) bond motifs is 1. The highest BCUT2D eigenvalue weighted by Gasteiger charge is 2.36. The van der Waals surface area contributed by atoms with Gasteiger partial charge in [0.2, 0.25) is 5.82 Å². The summed E-state index contributed by atoms with van der Waals surface area (Å²) in [7, 11) is 0. The maximum atomic E-state index is 15.1. The number of carbonyl (C=O) groups excluding carboxylic acids is 1. The Morgan fingerprint density at radius 1 is 0.917 bits per heavy atom. The summed E-state index contributed by atoms with van der Waals surface area (Å²) in [5, 5.41) is 0. The molecule has 2 fully saturated rings. The summed E-state index contributed by atoms with van der Waals surface area (Å²) in [6.07, 6.45) is 13.4. The van der Waals surface area contributed by atoms with Gasteiger partial charge in [-0.2, -0.15) is 4.39 Å². The van der Waals surface area contributed by atoms with E-state index in [-0.39, 0.29) is 17.0 Å². The van der Waals surface area contributed by atoms with Gasteiger partial charge in [-0.15, -0.1) is 13.2 Å². The van der Waals surface area contributed by atoms with Crippen LogP contribution < -0.4 is 4.74 Å². The molecule has 0 radical (unpaired) electrons. The van der Waals surface area contributed by atoms with Crippen molar-refractivity contribution < 1.29 is 22.7 Å². The smallest absolute Gasteiger partial charge is 0.343 e. The van der Waals surface area contributed by atoms with Gasteiger partial charge in [-0.05, 0) is 111 Å². The molecule has 2 aromatic rings. The number of allylic oxidation sites excluding steroid dienone is 2. The third-order valence-corrected chi connectivity index (χ3v) is 8.12. The van der Waals surface area contributed by atoms with Crippen LogP contribution in [0.3, 0.4) is 0 Å². The van der Waals surface area contributed by atoms with Gasteiger partial charge in [-0.3, -0.25) is 0 Å². The molecule has 2 aliphatic carbocycles. The highest BCUT2D eigenvalue weighted by Crippen LogP contribution is 2.48. The van der Waals surface area contributed by atoms with Gasteiger partial charge in [0, 0.05) is 0 Å². The Kier molecular flexibility index (Phi) is 8.71. The second-order valence-electron chi connectivity index (χ2n) is 10.4. The van der Waals surface area contributed by atoms with Gasteiger partial charge in [0.05, 0.1) is 5.56 Å². The van der Waals surface area contributed by atoms with Crippen molar-refractivity contribution in [2.75, 3.05) is 0 Å². The summed E-state index contributed by atoms with van der Waals surface area (Å²) in [5.41, 5.74) is 0.786. The molecule has 2 saturated carbocycles. The van der Waals surface area contributed by atoms with E-state index < -0.39 is 29.2 Å². The zero-order valence-electron chi connectivity index (χ0n) is 20.8. The predicted molar refractivity (Wildman–Crippen MR) is 137 cm³/mol. The number of hydrogen-bond donors (Lipinski definition) is 0. The van der Waals surface area contributed by atoms with Crippen molar-refractivity contribution >= 4 is 5.97 Å². The number of benzene rings is 2. The minimum absolute atomic E-state index is 0.0248. The highest BCUT2D eigenvalue weighted by atomic mass is 19.2. The first-order valence-electron chi connectivity index (χ1n) is 13.1. The highest BCUT2D eigenvalue weighted by molar-refractivity contribution is 5.91. The minimum Gasteiger partial charge on any atom is -0.420 e. The van der Waals surface area contributed by atoms with E-state index in [1.54, 1.807) is 12.1 Å². The van der Waals surface area contributed by atoms with Gasteiger partial charge in [0.15, 0.2) is 11.6 Å². The average Bonchev–Trinajstić information content (AvgIpc) is 2.89. The Balaban J connectivity index is 1.39. The van der Waals surface area contributed by atoms with Crippen LogP contribution in [0.5, 0.6) is 5.75 Å². The second-order valence-corrected chi connectivity index (χ2v) is 10.4. The summed E-state index contributed by atoms with van der Waals surface area (Å²) in [6.45, 7) is 7.41. The lowest BCUT2D eigenvalue weighted by Gasteiger charge is -2.42. The third kappa shape index (κ3) is 5.93. The van der Waals surface area contributed by atoms with E-state index in [2.05, 4.69) is 13.2 Å². The van der Waals surface area contributed by atoms with E-state index in [4.69, 9.17) is 4.74 Å². The van der Waals surface area contributed by atoms with Crippen LogP contribution in [0.4, 0.5) is 13.2 Å². The molecule has 0 amide bonds. The number of carbonyl (C=O) groups is 1. The lowest BCUT2D eigenvalue weighted by molar-refractivity contribution is 0.0726. The average molecular weight is 497 g/mol. The quantitative estimate of drug-likeness (QED) is 0.197. The Bertz CT molecular complexity index is 1110. The van der Waals surface area contributed by atoms with Crippen molar-refractivity contribution in [2.45, 2.75) is 70.1 Å². The van der Waals surface area contributed by atoms with E-state index in [1.807, 2.05) is 6.08 Å². The molecule has 0 bridgehead atoms. The van der Waals surface area contributed by atoms with E-state index in [1.165, 1.54) is 43.9 Å². The van der Waals surface area contributed by atoms with Gasteiger partial charge >= 0.3 is 5.97 Å². The maximum Gasteiger partial charge on any atom is 0.343 e. The summed E-state index contributed by atoms with van der Waals surface area (Å²) < 4.78 is 48.9. The number of halogens is 3. The molecule has 0 heterocycles. The fourth-order valence-corrected chi connectivity index (χ4v) is 6.13. The van der Waals surface area contributed by atoms with Crippen LogP contribution in [-0.4, -0.2) is 5.97 Å². The molecule has 2 aromatic carbocycles. The Hall–Kier alpha value is -2.82. The van der Waals surface area contributed by atoms with Crippen LogP contribution in [0, 0.1) is 35.2 Å². The molecule has 4 rings (SSSR count).